The molecule has 0 heterocycles. The first-order chi connectivity index (χ1) is 14.6. The van der Waals surface area contributed by atoms with Crippen LogP contribution in [0.4, 0.5) is 0 Å². The fourth-order valence-corrected chi connectivity index (χ4v) is 7.29. The summed E-state index contributed by atoms with van der Waals surface area (Å²) in [6.07, 6.45) is 13.5. The molecule has 4 rings (SSSR count). The number of allylic oxidation sites excluding steroid dienone is 3. The Kier molecular flexibility index (Phi) is 6.51. The molecule has 0 aromatic heterocycles. The van der Waals surface area contributed by atoms with Crippen molar-refractivity contribution in [2.75, 3.05) is 13.2 Å². The number of fused-ring (bicyclic) bond motifs is 1. The van der Waals surface area contributed by atoms with E-state index in [0.29, 0.717) is 36.2 Å². The molecule has 4 heteroatoms. The molecule has 4 aliphatic carbocycles. The summed E-state index contributed by atoms with van der Waals surface area (Å²) < 4.78 is 5.88. The predicted molar refractivity (Wildman–Crippen MR) is 124 cm³/mol. The topological polar surface area (TPSA) is 69.9 Å². The van der Waals surface area contributed by atoms with Crippen LogP contribution in [0.25, 0.3) is 0 Å². The van der Waals surface area contributed by atoms with Crippen LogP contribution in [-0.2, 0) is 4.74 Å². The maximum Gasteiger partial charge on any atom is 0.0824 e. The normalized spacial score (nSPS) is 41.0. The third kappa shape index (κ3) is 4.69. The summed E-state index contributed by atoms with van der Waals surface area (Å²) >= 11 is 0. The molecule has 3 N–H and O–H groups in total. The van der Waals surface area contributed by atoms with E-state index in [1.807, 2.05) is 0 Å². The van der Waals surface area contributed by atoms with Gasteiger partial charge in [-0.3, -0.25) is 0 Å². The van der Waals surface area contributed by atoms with E-state index >= 15 is 0 Å². The Bertz CT molecular complexity index is 713. The van der Waals surface area contributed by atoms with E-state index in [1.54, 1.807) is 19.4 Å². The van der Waals surface area contributed by atoms with Crippen LogP contribution in [0.15, 0.2) is 23.3 Å². The molecule has 0 unspecified atom stereocenters. The van der Waals surface area contributed by atoms with Crippen LogP contribution in [0.2, 0.25) is 0 Å². The highest BCUT2D eigenvalue weighted by Crippen LogP contribution is 2.61. The molecule has 176 valence electrons. The lowest BCUT2D eigenvalue weighted by Crippen LogP contribution is -2.37. The first kappa shape index (κ1) is 23.5. The summed E-state index contributed by atoms with van der Waals surface area (Å²) in [4.78, 5) is 0. The molecule has 1 spiro atoms. The molecule has 0 aliphatic heterocycles. The van der Waals surface area contributed by atoms with Gasteiger partial charge in [-0.05, 0) is 88.4 Å². The first-order valence-electron chi connectivity index (χ1n) is 12.6. The van der Waals surface area contributed by atoms with Gasteiger partial charge in [-0.2, -0.15) is 0 Å². The summed E-state index contributed by atoms with van der Waals surface area (Å²) in [5.41, 5.74) is 2.39. The molecule has 4 fully saturated rings. The summed E-state index contributed by atoms with van der Waals surface area (Å²) in [5, 5.41) is 30.7. The summed E-state index contributed by atoms with van der Waals surface area (Å²) in [5.74, 6) is 1.78. The molecular formula is C27H44O4. The van der Waals surface area contributed by atoms with Gasteiger partial charge in [0.25, 0.3) is 0 Å². The maximum atomic E-state index is 10.5. The van der Waals surface area contributed by atoms with Crippen molar-refractivity contribution in [1.82, 2.24) is 0 Å². The zero-order valence-corrected chi connectivity index (χ0v) is 20.1. The van der Waals surface area contributed by atoms with E-state index in [0.717, 1.165) is 25.9 Å². The highest BCUT2D eigenvalue weighted by molar-refractivity contribution is 5.33. The van der Waals surface area contributed by atoms with Gasteiger partial charge in [-0.15, -0.1) is 0 Å². The third-order valence-corrected chi connectivity index (χ3v) is 9.08. The summed E-state index contributed by atoms with van der Waals surface area (Å²) in [6, 6.07) is 0. The molecule has 0 bridgehead atoms. The monoisotopic (exact) mass is 432 g/mol. The quantitative estimate of drug-likeness (QED) is 0.565. The molecule has 0 radical (unpaired) electrons. The lowest BCUT2D eigenvalue weighted by Gasteiger charge is -2.44. The first-order valence-corrected chi connectivity index (χ1v) is 12.6. The number of aliphatic hydroxyl groups excluding tert-OH is 2. The second-order valence-electron chi connectivity index (χ2n) is 12.1. The van der Waals surface area contributed by atoms with Crippen LogP contribution < -0.4 is 0 Å². The summed E-state index contributed by atoms with van der Waals surface area (Å²) in [6.45, 7) is 9.53. The second kappa shape index (κ2) is 8.59. The Labute approximate surface area is 188 Å². The Balaban J connectivity index is 1.46. The molecule has 4 saturated carbocycles. The van der Waals surface area contributed by atoms with Gasteiger partial charge in [0, 0.05) is 18.4 Å². The van der Waals surface area contributed by atoms with E-state index in [-0.39, 0.29) is 11.5 Å². The van der Waals surface area contributed by atoms with Gasteiger partial charge in [0.2, 0.25) is 0 Å². The minimum Gasteiger partial charge on any atom is -0.393 e. The minimum atomic E-state index is -0.769. The van der Waals surface area contributed by atoms with Gasteiger partial charge in [0.05, 0.1) is 24.4 Å². The van der Waals surface area contributed by atoms with Gasteiger partial charge in [0.15, 0.2) is 0 Å². The number of hydrogen-bond acceptors (Lipinski definition) is 4. The Morgan fingerprint density at radius 1 is 1.16 bits per heavy atom. The molecule has 0 aromatic carbocycles. The van der Waals surface area contributed by atoms with Crippen molar-refractivity contribution in [3.63, 3.8) is 0 Å². The Hall–Kier alpha value is -0.680. The molecule has 6 atom stereocenters. The largest absolute Gasteiger partial charge is 0.393 e. The van der Waals surface area contributed by atoms with E-state index in [9.17, 15) is 15.3 Å². The fourth-order valence-electron chi connectivity index (χ4n) is 7.29. The second-order valence-corrected chi connectivity index (χ2v) is 12.1. The average molecular weight is 433 g/mol. The van der Waals surface area contributed by atoms with Crippen LogP contribution in [0.5, 0.6) is 0 Å². The molecule has 4 aliphatic rings. The van der Waals surface area contributed by atoms with Crippen molar-refractivity contribution in [1.29, 1.82) is 0 Å². The lowest BCUT2D eigenvalue weighted by molar-refractivity contribution is -0.0424. The lowest BCUT2D eigenvalue weighted by atomic mass is 9.61. The number of ether oxygens (including phenoxy) is 1. The van der Waals surface area contributed by atoms with E-state index in [2.05, 4.69) is 26.0 Å². The Morgan fingerprint density at radius 3 is 2.58 bits per heavy atom. The van der Waals surface area contributed by atoms with Gasteiger partial charge >= 0.3 is 0 Å². The van der Waals surface area contributed by atoms with Gasteiger partial charge in [-0.1, -0.05) is 37.1 Å². The van der Waals surface area contributed by atoms with E-state index in [4.69, 9.17) is 4.74 Å². The van der Waals surface area contributed by atoms with E-state index in [1.165, 1.54) is 37.7 Å². The maximum absolute atomic E-state index is 10.5. The molecule has 0 amide bonds. The highest BCUT2D eigenvalue weighted by atomic mass is 16.5. The van der Waals surface area contributed by atoms with Crippen LogP contribution in [0.1, 0.15) is 85.5 Å². The fraction of sp³-hybridized carbons (Fsp3) is 0.852. The summed E-state index contributed by atoms with van der Waals surface area (Å²) in [7, 11) is 0. The van der Waals surface area contributed by atoms with Gasteiger partial charge < -0.3 is 20.1 Å². The molecule has 4 nitrogen and oxygen atoms in total. The Morgan fingerprint density at radius 2 is 1.90 bits per heavy atom. The van der Waals surface area contributed by atoms with Crippen LogP contribution >= 0.6 is 0 Å². The van der Waals surface area contributed by atoms with Crippen LogP contribution in [0, 0.1) is 28.6 Å². The number of hydrogen-bond donors (Lipinski definition) is 3. The van der Waals surface area contributed by atoms with Crippen molar-refractivity contribution in [2.45, 2.75) is 103 Å². The van der Waals surface area contributed by atoms with Gasteiger partial charge in [-0.25, -0.2) is 0 Å². The predicted octanol–water partition coefficient (Wildman–Crippen LogP) is 4.78. The SMILES string of the molecule is C[C@H](COCC(C)(C)O)[C@H]1CC[C@H]2/C(=C/C=C3/C[C@@H](O)C[C@H](O)C34CC4)CCC[C@]12C. The zero-order valence-electron chi connectivity index (χ0n) is 20.1. The van der Waals surface area contributed by atoms with Crippen LogP contribution in [-0.4, -0.2) is 46.3 Å². The van der Waals surface area contributed by atoms with Crippen molar-refractivity contribution in [2.24, 2.45) is 28.6 Å². The molecular weight excluding hydrogens is 388 g/mol. The number of aliphatic hydroxyl groups is 3. The van der Waals surface area contributed by atoms with E-state index < -0.39 is 11.7 Å². The molecule has 0 aromatic rings. The van der Waals surface area contributed by atoms with Crippen molar-refractivity contribution in [3.05, 3.63) is 23.3 Å². The number of rotatable bonds is 6. The highest BCUT2D eigenvalue weighted by Gasteiger charge is 2.54. The van der Waals surface area contributed by atoms with Crippen molar-refractivity contribution < 1.29 is 20.1 Å². The van der Waals surface area contributed by atoms with Crippen molar-refractivity contribution in [3.8, 4) is 0 Å². The third-order valence-electron chi connectivity index (χ3n) is 9.08. The molecule has 0 saturated heterocycles. The van der Waals surface area contributed by atoms with Gasteiger partial charge in [0.1, 0.15) is 0 Å². The smallest absolute Gasteiger partial charge is 0.0824 e. The minimum absolute atomic E-state index is 0.0290. The average Bonchev–Trinajstić information content (AvgIpc) is 3.38. The van der Waals surface area contributed by atoms with Crippen LogP contribution in [0.3, 0.4) is 0 Å². The molecule has 31 heavy (non-hydrogen) atoms. The van der Waals surface area contributed by atoms with Crippen molar-refractivity contribution >= 4 is 0 Å². The standard InChI is InChI=1S/C27H44O4/c1-18(16-31-17-25(2,3)30)22-9-10-23-19(6-5-11-26(22,23)4)7-8-20-14-21(28)15-24(29)27(20)12-13-27/h7-8,18,21-24,28-30H,5-6,9-17H2,1-4H3/b19-7+,20-8-/t18-,21-,22-,23+,24+,26-/m1/s1. The zero-order chi connectivity index (χ0) is 22.4.